The second-order valence-electron chi connectivity index (χ2n) is 9.66. The number of hydrogen-bond donors (Lipinski definition) is 0. The third-order valence-corrected chi connectivity index (χ3v) is 8.01. The highest BCUT2D eigenvalue weighted by molar-refractivity contribution is 5.90. The van der Waals surface area contributed by atoms with Gasteiger partial charge >= 0.3 is 0 Å². The van der Waals surface area contributed by atoms with Crippen molar-refractivity contribution < 1.29 is 4.79 Å². The number of nitrogens with zero attached hydrogens (tertiary/aromatic N) is 4. The van der Waals surface area contributed by atoms with Gasteiger partial charge in [0.1, 0.15) is 5.82 Å². The molecule has 172 valence electrons. The van der Waals surface area contributed by atoms with Crippen LogP contribution in [-0.4, -0.2) is 26.4 Å². The lowest BCUT2D eigenvalue weighted by Gasteiger charge is -2.49. The van der Waals surface area contributed by atoms with Gasteiger partial charge in [-0.25, -0.2) is 11.6 Å². The van der Waals surface area contributed by atoms with Crippen molar-refractivity contribution in [3.05, 3.63) is 114 Å². The highest BCUT2D eigenvalue weighted by atomic mass is 16.1. The molecule has 2 heterocycles. The van der Waals surface area contributed by atoms with Gasteiger partial charge in [-0.1, -0.05) is 55.5 Å². The molecule has 2 aromatic carbocycles. The lowest BCUT2D eigenvalue weighted by Crippen LogP contribution is -2.54. The molecule has 0 N–H and O–H groups in total. The van der Waals surface area contributed by atoms with Gasteiger partial charge in [0.05, 0.1) is 11.1 Å². The molecular formula is C30H26N4O. The number of benzene rings is 2. The quantitative estimate of drug-likeness (QED) is 0.371. The predicted molar refractivity (Wildman–Crippen MR) is 135 cm³/mol. The Morgan fingerprint density at radius 3 is 2.37 bits per heavy atom. The summed E-state index contributed by atoms with van der Waals surface area (Å²) in [6, 6.07) is 24.1. The van der Waals surface area contributed by atoms with Crippen LogP contribution in [-0.2, 0) is 16.6 Å². The first kappa shape index (κ1) is 21.5. The maximum atomic E-state index is 13.2. The van der Waals surface area contributed by atoms with Crippen LogP contribution < -0.4 is 0 Å². The molecule has 4 aromatic rings. The fourth-order valence-electron chi connectivity index (χ4n) is 6.45. The number of carbonyl (C=O) groups excluding carboxylic acids is 1. The van der Waals surface area contributed by atoms with Crippen LogP contribution in [0.3, 0.4) is 0 Å². The third-order valence-electron chi connectivity index (χ3n) is 8.01. The van der Waals surface area contributed by atoms with Gasteiger partial charge in [0, 0.05) is 41.7 Å². The number of para-hydroxylation sites is 1. The second-order valence-corrected chi connectivity index (χ2v) is 9.66. The molecule has 2 aromatic heterocycles. The van der Waals surface area contributed by atoms with Crippen molar-refractivity contribution in [3.63, 3.8) is 0 Å². The molecule has 0 spiro atoms. The third kappa shape index (κ3) is 3.17. The van der Waals surface area contributed by atoms with E-state index in [0.717, 1.165) is 41.2 Å². The van der Waals surface area contributed by atoms with Gasteiger partial charge in [-0.05, 0) is 48.6 Å². The molecule has 0 bridgehead atoms. The van der Waals surface area contributed by atoms with E-state index >= 15 is 0 Å². The van der Waals surface area contributed by atoms with Crippen LogP contribution in [0.4, 0.5) is 0 Å². The fraction of sp³-hybridized carbons (Fsp3) is 0.267. The van der Waals surface area contributed by atoms with E-state index in [1.54, 1.807) is 12.4 Å². The highest BCUT2D eigenvalue weighted by Gasteiger charge is 2.59. The number of hydrogen-bond acceptors (Lipinski definition) is 3. The van der Waals surface area contributed by atoms with Gasteiger partial charge in [-0.3, -0.25) is 14.3 Å². The van der Waals surface area contributed by atoms with E-state index in [0.29, 0.717) is 6.42 Å². The van der Waals surface area contributed by atoms with E-state index < -0.39 is 11.5 Å². The molecule has 5 heteroatoms. The lowest BCUT2D eigenvalue weighted by molar-refractivity contribution is -0.128. The number of rotatable bonds is 3. The van der Waals surface area contributed by atoms with Crippen molar-refractivity contribution in [1.29, 1.82) is 0 Å². The Labute approximate surface area is 205 Å². The summed E-state index contributed by atoms with van der Waals surface area (Å²) in [5.41, 5.74) is 4.92. The minimum absolute atomic E-state index is 0.0804. The first-order valence-corrected chi connectivity index (χ1v) is 12.2. The lowest BCUT2D eigenvalue weighted by atomic mass is 9.52. The molecule has 2 aliphatic carbocycles. The van der Waals surface area contributed by atoms with Gasteiger partial charge < -0.3 is 4.85 Å². The summed E-state index contributed by atoms with van der Waals surface area (Å²) in [4.78, 5) is 26.6. The van der Waals surface area contributed by atoms with Crippen LogP contribution in [0.5, 0.6) is 0 Å². The van der Waals surface area contributed by atoms with Crippen molar-refractivity contribution >= 4 is 5.78 Å². The minimum atomic E-state index is -0.654. The topological polar surface area (TPSA) is 52.1 Å². The zero-order valence-electron chi connectivity index (χ0n) is 19.6. The fourth-order valence-corrected chi connectivity index (χ4v) is 6.45. The van der Waals surface area contributed by atoms with E-state index in [9.17, 15) is 4.79 Å². The molecule has 0 amide bonds. The van der Waals surface area contributed by atoms with E-state index in [1.165, 1.54) is 5.69 Å². The zero-order chi connectivity index (χ0) is 24.0. The summed E-state index contributed by atoms with van der Waals surface area (Å²) in [5, 5.41) is 0. The summed E-state index contributed by atoms with van der Waals surface area (Å²) in [7, 11) is 0. The zero-order valence-corrected chi connectivity index (χ0v) is 19.6. The van der Waals surface area contributed by atoms with Gasteiger partial charge in [-0.2, -0.15) is 0 Å². The monoisotopic (exact) mass is 458 g/mol. The summed E-state index contributed by atoms with van der Waals surface area (Å²) in [5.74, 6) is 0.870. The predicted octanol–water partition coefficient (Wildman–Crippen LogP) is 5.68. The van der Waals surface area contributed by atoms with Crippen molar-refractivity contribution in [2.75, 3.05) is 0 Å². The van der Waals surface area contributed by atoms with Gasteiger partial charge in [0.25, 0.3) is 6.04 Å². The molecule has 4 atom stereocenters. The largest absolute Gasteiger partial charge is 0.305 e. The molecule has 0 saturated heterocycles. The summed E-state index contributed by atoms with van der Waals surface area (Å²) in [6.07, 6.45) is 5.79. The SMILES string of the molecule is [C-]#[N+]C1C[C@]2(c3ccccc3)c3nc(-c4ccncc4)n(-c4ccccc4)c3CC[C@H]2[C@H](C)C1=O. The van der Waals surface area contributed by atoms with Crippen molar-refractivity contribution in [3.8, 4) is 17.1 Å². The van der Waals surface area contributed by atoms with Crippen LogP contribution in [0.15, 0.2) is 85.2 Å². The minimum Gasteiger partial charge on any atom is -0.305 e. The summed E-state index contributed by atoms with van der Waals surface area (Å²) >= 11 is 0. The molecule has 0 radical (unpaired) electrons. The molecule has 0 aliphatic heterocycles. The molecule has 1 unspecified atom stereocenters. The Bertz CT molecular complexity index is 1420. The Kier molecular flexibility index (Phi) is 5.11. The Morgan fingerprint density at radius 1 is 1.00 bits per heavy atom. The van der Waals surface area contributed by atoms with Crippen LogP contribution >= 0.6 is 0 Å². The van der Waals surface area contributed by atoms with E-state index in [1.807, 2.05) is 43.3 Å². The number of aromatic nitrogens is 3. The average Bonchev–Trinajstić information content (AvgIpc) is 3.32. The summed E-state index contributed by atoms with van der Waals surface area (Å²) < 4.78 is 2.28. The number of imidazole rings is 1. The van der Waals surface area contributed by atoms with E-state index in [2.05, 4.69) is 50.8 Å². The number of pyridine rings is 1. The van der Waals surface area contributed by atoms with E-state index in [-0.39, 0.29) is 17.6 Å². The smallest absolute Gasteiger partial charge is 0.282 e. The normalized spacial score (nSPS) is 25.4. The second kappa shape index (κ2) is 8.32. The molecule has 5 nitrogen and oxygen atoms in total. The van der Waals surface area contributed by atoms with Crippen LogP contribution in [0.1, 0.15) is 36.7 Å². The van der Waals surface area contributed by atoms with Gasteiger partial charge in [-0.15, -0.1) is 0 Å². The van der Waals surface area contributed by atoms with Crippen LogP contribution in [0, 0.1) is 18.4 Å². The van der Waals surface area contributed by atoms with Crippen molar-refractivity contribution in [1.82, 2.24) is 14.5 Å². The van der Waals surface area contributed by atoms with Crippen LogP contribution in [0.2, 0.25) is 0 Å². The number of Topliss-reactive ketones (excluding diaryl/α,β-unsaturated/α-hetero) is 1. The Balaban J connectivity index is 1.68. The first-order chi connectivity index (χ1) is 17.1. The number of carbonyl (C=O) groups is 1. The van der Waals surface area contributed by atoms with Gasteiger partial charge in [0.2, 0.25) is 5.78 Å². The van der Waals surface area contributed by atoms with E-state index in [4.69, 9.17) is 11.6 Å². The molecule has 35 heavy (non-hydrogen) atoms. The molecular weight excluding hydrogens is 432 g/mol. The first-order valence-electron chi connectivity index (χ1n) is 12.2. The molecule has 1 saturated carbocycles. The number of ketones is 1. The average molecular weight is 459 g/mol. The highest BCUT2D eigenvalue weighted by Crippen LogP contribution is 2.56. The number of fused-ring (bicyclic) bond motifs is 3. The molecule has 1 fully saturated rings. The molecule has 2 aliphatic rings. The molecule has 6 rings (SSSR count). The summed E-state index contributed by atoms with van der Waals surface area (Å²) in [6.45, 7) is 9.86. The van der Waals surface area contributed by atoms with Crippen molar-refractivity contribution in [2.24, 2.45) is 11.8 Å². The Morgan fingerprint density at radius 2 is 1.69 bits per heavy atom. The standard InChI is InChI=1S/C30H26N4O/c1-20-24-13-14-26-28(30(24,19-25(31-2)27(20)35)22-9-5-3-6-10-22)33-29(21-15-17-32-18-16-21)34(26)23-11-7-4-8-12-23/h3-12,15-18,20,24-25H,13-14,19H2,1H3/t20-,24-,25?,30+/m0/s1. The maximum absolute atomic E-state index is 13.2. The maximum Gasteiger partial charge on any atom is 0.282 e. The van der Waals surface area contributed by atoms with Crippen LogP contribution in [0.25, 0.3) is 21.9 Å². The van der Waals surface area contributed by atoms with Gasteiger partial charge in [0.15, 0.2) is 0 Å². The van der Waals surface area contributed by atoms with Crippen molar-refractivity contribution in [2.45, 2.75) is 37.6 Å². The Hall–Kier alpha value is -4.04.